The van der Waals surface area contributed by atoms with Crippen molar-refractivity contribution in [1.29, 1.82) is 0 Å². The van der Waals surface area contributed by atoms with Crippen LogP contribution >= 0.6 is 0 Å². The van der Waals surface area contributed by atoms with E-state index in [4.69, 9.17) is 7.85 Å². The Bertz CT molecular complexity index is 153. The Labute approximate surface area is 50.5 Å². The van der Waals surface area contributed by atoms with Crippen molar-refractivity contribution in [2.75, 3.05) is 6.61 Å². The Morgan fingerprint density at radius 1 is 2.12 bits per heavy atom. The highest BCUT2D eigenvalue weighted by Crippen LogP contribution is 2.04. The van der Waals surface area contributed by atoms with Crippen LogP contribution in [0.4, 0.5) is 0 Å². The zero-order valence-electron chi connectivity index (χ0n) is 6.29. The number of rotatable bonds is 1. The number of amides is 1. The minimum absolute atomic E-state index is 0.255. The molecule has 0 aromatic rings. The van der Waals surface area contributed by atoms with Crippen LogP contribution in [0.5, 0.6) is 0 Å². The van der Waals surface area contributed by atoms with Crippen molar-refractivity contribution < 1.29 is 12.6 Å². The van der Waals surface area contributed by atoms with E-state index >= 15 is 0 Å². The Morgan fingerprint density at radius 2 is 2.88 bits per heavy atom. The molecule has 1 fully saturated rings. The predicted molar refractivity (Wildman–Crippen MR) is 28.3 cm³/mol. The highest BCUT2D eigenvalue weighted by atomic mass is 16.3. The highest BCUT2D eigenvalue weighted by molar-refractivity contribution is 5.78. The number of nitrogens with one attached hydrogen (secondary N) is 1. The van der Waals surface area contributed by atoms with Crippen LogP contribution in [0.15, 0.2) is 0 Å². The first kappa shape index (κ1) is 3.45. The van der Waals surface area contributed by atoms with Gasteiger partial charge in [0.25, 0.3) is 0 Å². The molecule has 0 bridgehead atoms. The second kappa shape index (κ2) is 2.13. The van der Waals surface area contributed by atoms with Crippen LogP contribution < -0.4 is 5.32 Å². The summed E-state index contributed by atoms with van der Waals surface area (Å²) in [5.74, 6) is -0.459. The summed E-state index contributed by atoms with van der Waals surface area (Å²) in [5.41, 5.74) is 0. The van der Waals surface area contributed by atoms with Gasteiger partial charge in [0.2, 0.25) is 5.91 Å². The van der Waals surface area contributed by atoms with Gasteiger partial charge in [-0.2, -0.15) is 0 Å². The zero-order chi connectivity index (χ0) is 7.72. The van der Waals surface area contributed by atoms with Crippen LogP contribution in [-0.2, 0) is 4.79 Å². The molecule has 3 heteroatoms. The third-order valence-electron chi connectivity index (χ3n) is 1.00. The summed E-state index contributed by atoms with van der Waals surface area (Å²) in [4.78, 5) is 10.6. The van der Waals surface area contributed by atoms with Gasteiger partial charge in [-0.1, -0.05) is 0 Å². The third-order valence-corrected chi connectivity index (χ3v) is 1.00. The zero-order valence-corrected chi connectivity index (χ0v) is 4.29. The highest BCUT2D eigenvalue weighted by Gasteiger charge is 2.18. The molecule has 3 atom stereocenters. The van der Waals surface area contributed by atoms with E-state index in [1.54, 1.807) is 0 Å². The number of hydrogen-bond donors (Lipinski definition) is 2. The van der Waals surface area contributed by atoms with Crippen LogP contribution in [0, 0.1) is 0 Å². The lowest BCUT2D eigenvalue weighted by Crippen LogP contribution is -2.28. The summed E-state index contributed by atoms with van der Waals surface area (Å²) in [6.07, 6.45) is -1.85. The fraction of sp³-hybridized carbons (Fsp3) is 0.800. The van der Waals surface area contributed by atoms with Crippen LogP contribution in [0.3, 0.4) is 0 Å². The number of aliphatic hydroxyl groups excluding tert-OH is 1. The van der Waals surface area contributed by atoms with Gasteiger partial charge in [0, 0.05) is 9.14 Å². The number of aliphatic hydroxyl groups is 1. The van der Waals surface area contributed by atoms with E-state index in [-0.39, 0.29) is 6.61 Å². The number of carbonyl (C=O) groups excluding carboxylic acids is 1. The van der Waals surface area contributed by atoms with Gasteiger partial charge in [0.05, 0.1) is 12.6 Å². The molecule has 0 aromatic carbocycles. The first-order chi connectivity index (χ1) is 4.66. The van der Waals surface area contributed by atoms with Gasteiger partial charge in [0.15, 0.2) is 0 Å². The van der Waals surface area contributed by atoms with Crippen molar-refractivity contribution in [2.24, 2.45) is 0 Å². The lowest BCUT2D eigenvalue weighted by Gasteiger charge is -2.01. The van der Waals surface area contributed by atoms with Crippen LogP contribution in [-0.4, -0.2) is 23.7 Å². The Hall–Kier alpha value is -0.570. The number of carbonyl (C=O) groups is 1. The first-order valence-electron chi connectivity index (χ1n) is 3.58. The Kier molecular flexibility index (Phi) is 0.921. The van der Waals surface area contributed by atoms with E-state index in [9.17, 15) is 4.79 Å². The molecule has 0 aliphatic carbocycles. The van der Waals surface area contributed by atoms with Gasteiger partial charge in [-0.3, -0.25) is 4.79 Å². The minimum Gasteiger partial charge on any atom is -0.394 e. The Balaban J connectivity index is 2.61. The second-order valence-corrected chi connectivity index (χ2v) is 1.66. The molecule has 1 amide bonds. The molecule has 46 valence electrons. The molecular weight excluding hydrogens is 106 g/mol. The van der Waals surface area contributed by atoms with Gasteiger partial charge in [0.1, 0.15) is 0 Å². The second-order valence-electron chi connectivity index (χ2n) is 1.66. The smallest absolute Gasteiger partial charge is 0.220 e. The molecule has 1 aliphatic rings. The first-order valence-corrected chi connectivity index (χ1v) is 2.42. The molecule has 0 unspecified atom stereocenters. The average molecular weight is 117 g/mol. The summed E-state index contributed by atoms with van der Waals surface area (Å²) < 4.78 is 14.3. The quantitative estimate of drug-likeness (QED) is 0.475. The fourth-order valence-electron chi connectivity index (χ4n) is 0.589. The fourth-order valence-corrected chi connectivity index (χ4v) is 0.589. The maximum Gasteiger partial charge on any atom is 0.220 e. The predicted octanol–water partition coefficient (Wildman–Crippen LogP) is -0.743. The normalized spacial score (nSPS) is 50.1. The Morgan fingerprint density at radius 3 is 3.12 bits per heavy atom. The molecule has 8 heavy (non-hydrogen) atoms. The molecule has 1 rings (SSSR count). The van der Waals surface area contributed by atoms with Crippen LogP contribution in [0.2, 0.25) is 0 Å². The maximum absolute atomic E-state index is 10.6. The SMILES string of the molecule is [2H][C@@H]1[C@@H](CO)NC(=O)[C@@H]1[2H]. The molecule has 1 saturated heterocycles. The molecule has 0 radical (unpaired) electrons. The standard InChI is InChI=1S/C5H9NO2/c7-3-4-1-2-5(8)6-4/h4,7H,1-3H2,(H,6,8)/t4-/m0/s1/i1D,2D/t1-,2+,4-. The van der Waals surface area contributed by atoms with Gasteiger partial charge < -0.3 is 10.4 Å². The van der Waals surface area contributed by atoms with Crippen molar-refractivity contribution in [3.8, 4) is 0 Å². The van der Waals surface area contributed by atoms with Crippen molar-refractivity contribution >= 4 is 5.91 Å². The van der Waals surface area contributed by atoms with Gasteiger partial charge in [-0.25, -0.2) is 0 Å². The van der Waals surface area contributed by atoms with E-state index in [2.05, 4.69) is 5.32 Å². The van der Waals surface area contributed by atoms with Gasteiger partial charge in [-0.15, -0.1) is 0 Å². The summed E-state index contributed by atoms with van der Waals surface area (Å²) in [7, 11) is 0. The summed E-state index contributed by atoms with van der Waals surface area (Å²) >= 11 is 0. The molecule has 1 heterocycles. The van der Waals surface area contributed by atoms with Crippen molar-refractivity contribution in [3.05, 3.63) is 0 Å². The van der Waals surface area contributed by atoms with Crippen molar-refractivity contribution in [2.45, 2.75) is 18.8 Å². The summed E-state index contributed by atoms with van der Waals surface area (Å²) in [6, 6.07) is -0.546. The van der Waals surface area contributed by atoms with E-state index in [0.717, 1.165) is 0 Å². The van der Waals surface area contributed by atoms with E-state index in [1.807, 2.05) is 0 Å². The molecule has 0 saturated carbocycles. The van der Waals surface area contributed by atoms with E-state index in [0.29, 0.717) is 0 Å². The monoisotopic (exact) mass is 117 g/mol. The average Bonchev–Trinajstić information content (AvgIpc) is 2.17. The van der Waals surface area contributed by atoms with Gasteiger partial charge >= 0.3 is 0 Å². The van der Waals surface area contributed by atoms with E-state index < -0.39 is 24.7 Å². The third kappa shape index (κ3) is 0.980. The van der Waals surface area contributed by atoms with Crippen LogP contribution in [0.1, 0.15) is 15.5 Å². The molecular formula is C5H9NO2. The largest absolute Gasteiger partial charge is 0.394 e. The number of hydrogen-bond acceptors (Lipinski definition) is 2. The molecule has 3 nitrogen and oxygen atoms in total. The molecule has 2 N–H and O–H groups in total. The van der Waals surface area contributed by atoms with Gasteiger partial charge in [-0.05, 0) is 6.40 Å². The van der Waals surface area contributed by atoms with Crippen LogP contribution in [0.25, 0.3) is 0 Å². The maximum atomic E-state index is 10.6. The van der Waals surface area contributed by atoms with Crippen molar-refractivity contribution in [1.82, 2.24) is 5.32 Å². The van der Waals surface area contributed by atoms with E-state index in [1.165, 1.54) is 0 Å². The lowest BCUT2D eigenvalue weighted by atomic mass is 10.2. The summed E-state index contributed by atoms with van der Waals surface area (Å²) in [5, 5.41) is 10.9. The minimum atomic E-state index is -1.03. The summed E-state index contributed by atoms with van der Waals surface area (Å²) in [6.45, 7) is -0.255. The molecule has 0 spiro atoms. The topological polar surface area (TPSA) is 49.3 Å². The van der Waals surface area contributed by atoms with Crippen molar-refractivity contribution in [3.63, 3.8) is 0 Å². The molecule has 0 aromatic heterocycles. The lowest BCUT2D eigenvalue weighted by molar-refractivity contribution is -0.119. The molecule has 1 aliphatic heterocycles.